The van der Waals surface area contributed by atoms with E-state index in [0.717, 1.165) is 16.8 Å². The predicted molar refractivity (Wildman–Crippen MR) is 80.2 cm³/mol. The summed E-state index contributed by atoms with van der Waals surface area (Å²) in [6.07, 6.45) is 0.339. The van der Waals surface area contributed by atoms with Gasteiger partial charge in [0.2, 0.25) is 11.9 Å². The molecule has 0 radical (unpaired) electrons. The number of benzene rings is 1. The Bertz CT molecular complexity index is 624. The number of nitrogens with zero attached hydrogens (tertiary/aromatic N) is 2. The fraction of sp³-hybridized carbons (Fsp3) is 0.429. The molecule has 2 rings (SSSR count). The van der Waals surface area contributed by atoms with Crippen LogP contribution < -0.4 is 15.8 Å². The molecule has 0 aliphatic carbocycles. The number of amides is 1. The molecule has 0 saturated heterocycles. The number of anilines is 1. The van der Waals surface area contributed by atoms with Crippen LogP contribution in [0.4, 0.5) is 5.95 Å². The molecule has 3 N–H and O–H groups in total. The van der Waals surface area contributed by atoms with E-state index >= 15 is 0 Å². The van der Waals surface area contributed by atoms with Gasteiger partial charge in [-0.1, -0.05) is 0 Å². The van der Waals surface area contributed by atoms with Gasteiger partial charge < -0.3 is 25.1 Å². The number of aryl methyl sites for hydroxylation is 1. The van der Waals surface area contributed by atoms with Gasteiger partial charge in [0.15, 0.2) is 0 Å². The molecular formula is C14H20N4O3. The van der Waals surface area contributed by atoms with Crippen LogP contribution in [-0.2, 0) is 16.1 Å². The normalized spacial score (nSPS) is 10.8. The van der Waals surface area contributed by atoms with Crippen molar-refractivity contribution in [3.63, 3.8) is 0 Å². The minimum absolute atomic E-state index is 0.0400. The first-order chi connectivity index (χ1) is 10.2. The minimum atomic E-state index is -0.0400. The largest absolute Gasteiger partial charge is 0.497 e. The van der Waals surface area contributed by atoms with Crippen molar-refractivity contribution in [1.82, 2.24) is 14.9 Å². The Kier molecular flexibility index (Phi) is 4.99. The first-order valence-electron chi connectivity index (χ1n) is 6.71. The van der Waals surface area contributed by atoms with Crippen molar-refractivity contribution in [2.75, 3.05) is 33.1 Å². The number of aromatic nitrogens is 2. The smallest absolute Gasteiger partial charge is 0.221 e. The zero-order valence-electron chi connectivity index (χ0n) is 12.3. The number of hydrogen-bond donors (Lipinski definition) is 2. The van der Waals surface area contributed by atoms with Gasteiger partial charge in [-0.15, -0.1) is 0 Å². The van der Waals surface area contributed by atoms with E-state index in [1.807, 2.05) is 22.8 Å². The maximum absolute atomic E-state index is 11.7. The van der Waals surface area contributed by atoms with Crippen molar-refractivity contribution < 1.29 is 14.3 Å². The number of hydrogen-bond acceptors (Lipinski definition) is 5. The van der Waals surface area contributed by atoms with Crippen LogP contribution >= 0.6 is 0 Å². The summed E-state index contributed by atoms with van der Waals surface area (Å²) in [6.45, 7) is 1.49. The molecule has 0 spiro atoms. The highest BCUT2D eigenvalue weighted by molar-refractivity contribution is 5.80. The Balaban J connectivity index is 2.04. The average Bonchev–Trinajstić information content (AvgIpc) is 2.79. The van der Waals surface area contributed by atoms with Crippen molar-refractivity contribution in [1.29, 1.82) is 0 Å². The lowest BCUT2D eigenvalue weighted by atomic mass is 10.3. The summed E-state index contributed by atoms with van der Waals surface area (Å²) in [5, 5.41) is 2.77. The molecule has 1 aromatic carbocycles. The third kappa shape index (κ3) is 3.63. The number of methoxy groups -OCH3 is 2. The second kappa shape index (κ2) is 6.94. The number of nitrogens with one attached hydrogen (secondary N) is 1. The molecule has 0 bridgehead atoms. The van der Waals surface area contributed by atoms with Crippen molar-refractivity contribution >= 4 is 22.9 Å². The Morgan fingerprint density at radius 1 is 1.43 bits per heavy atom. The summed E-state index contributed by atoms with van der Waals surface area (Å²) in [5.41, 5.74) is 7.56. The zero-order valence-corrected chi connectivity index (χ0v) is 12.3. The van der Waals surface area contributed by atoms with Crippen LogP contribution in [-0.4, -0.2) is 42.8 Å². The van der Waals surface area contributed by atoms with Gasteiger partial charge in [-0.25, -0.2) is 4.98 Å². The molecule has 21 heavy (non-hydrogen) atoms. The van der Waals surface area contributed by atoms with Gasteiger partial charge in [-0.05, 0) is 12.1 Å². The Hall–Kier alpha value is -2.28. The predicted octanol–water partition coefficient (Wildman–Crippen LogP) is 0.780. The molecule has 1 aromatic heterocycles. The fourth-order valence-corrected chi connectivity index (χ4v) is 2.08. The van der Waals surface area contributed by atoms with E-state index in [2.05, 4.69) is 10.3 Å². The van der Waals surface area contributed by atoms with Gasteiger partial charge in [-0.2, -0.15) is 0 Å². The van der Waals surface area contributed by atoms with Gasteiger partial charge in [0.05, 0.1) is 24.8 Å². The second-order valence-corrected chi connectivity index (χ2v) is 4.57. The summed E-state index contributed by atoms with van der Waals surface area (Å²) in [4.78, 5) is 16.0. The summed E-state index contributed by atoms with van der Waals surface area (Å²) in [7, 11) is 3.20. The lowest BCUT2D eigenvalue weighted by Gasteiger charge is -2.07. The van der Waals surface area contributed by atoms with Crippen LogP contribution in [0.2, 0.25) is 0 Å². The zero-order chi connectivity index (χ0) is 15.2. The summed E-state index contributed by atoms with van der Waals surface area (Å²) in [5.74, 6) is 1.08. The van der Waals surface area contributed by atoms with Crippen LogP contribution in [0.3, 0.4) is 0 Å². The third-order valence-electron chi connectivity index (χ3n) is 3.18. The van der Waals surface area contributed by atoms with E-state index in [0.29, 0.717) is 32.1 Å². The highest BCUT2D eigenvalue weighted by Gasteiger charge is 2.10. The standard InChI is InChI=1S/C14H20N4O3/c1-20-8-6-16-13(19)5-7-18-12-4-3-10(21-2)9-11(12)17-14(18)15/h3-4,9H,5-8H2,1-2H3,(H2,15,17)(H,16,19). The monoisotopic (exact) mass is 292 g/mol. The van der Waals surface area contributed by atoms with Crippen molar-refractivity contribution in [2.45, 2.75) is 13.0 Å². The number of nitrogen functional groups attached to an aromatic ring is 1. The topological polar surface area (TPSA) is 91.4 Å². The van der Waals surface area contributed by atoms with E-state index < -0.39 is 0 Å². The molecular weight excluding hydrogens is 272 g/mol. The number of imidazole rings is 1. The Morgan fingerprint density at radius 3 is 2.95 bits per heavy atom. The van der Waals surface area contributed by atoms with E-state index in [4.69, 9.17) is 15.2 Å². The molecule has 2 aromatic rings. The molecule has 114 valence electrons. The molecule has 0 unspecified atom stereocenters. The second-order valence-electron chi connectivity index (χ2n) is 4.57. The quantitative estimate of drug-likeness (QED) is 0.736. The maximum Gasteiger partial charge on any atom is 0.221 e. The molecule has 0 atom stereocenters. The Morgan fingerprint density at radius 2 is 2.24 bits per heavy atom. The SMILES string of the molecule is COCCNC(=O)CCn1c(N)nc2cc(OC)ccc21. The van der Waals surface area contributed by atoms with E-state index in [9.17, 15) is 4.79 Å². The van der Waals surface area contributed by atoms with Crippen LogP contribution in [0.1, 0.15) is 6.42 Å². The van der Waals surface area contributed by atoms with E-state index in [-0.39, 0.29) is 5.91 Å². The Labute approximate surface area is 123 Å². The number of carbonyl (C=O) groups is 1. The lowest BCUT2D eigenvalue weighted by molar-refractivity contribution is -0.121. The van der Waals surface area contributed by atoms with E-state index in [1.54, 1.807) is 14.2 Å². The average molecular weight is 292 g/mol. The number of fused-ring (bicyclic) bond motifs is 1. The van der Waals surface area contributed by atoms with Crippen LogP contribution in [0, 0.1) is 0 Å². The molecule has 0 aliphatic rings. The maximum atomic E-state index is 11.7. The van der Waals surface area contributed by atoms with Crippen molar-refractivity contribution in [3.05, 3.63) is 18.2 Å². The third-order valence-corrected chi connectivity index (χ3v) is 3.18. The number of nitrogens with two attached hydrogens (primary N) is 1. The van der Waals surface area contributed by atoms with Gasteiger partial charge in [0.1, 0.15) is 5.75 Å². The highest BCUT2D eigenvalue weighted by Crippen LogP contribution is 2.22. The van der Waals surface area contributed by atoms with Crippen LogP contribution in [0.25, 0.3) is 11.0 Å². The lowest BCUT2D eigenvalue weighted by Crippen LogP contribution is -2.27. The van der Waals surface area contributed by atoms with E-state index in [1.165, 1.54) is 0 Å². The fourth-order valence-electron chi connectivity index (χ4n) is 2.08. The van der Waals surface area contributed by atoms with Crippen molar-refractivity contribution in [2.24, 2.45) is 0 Å². The molecule has 0 fully saturated rings. The van der Waals surface area contributed by atoms with Gasteiger partial charge in [-0.3, -0.25) is 4.79 Å². The van der Waals surface area contributed by atoms with Crippen LogP contribution in [0.5, 0.6) is 5.75 Å². The number of carbonyl (C=O) groups excluding carboxylic acids is 1. The number of rotatable bonds is 7. The number of ether oxygens (including phenoxy) is 2. The molecule has 0 saturated carbocycles. The highest BCUT2D eigenvalue weighted by atomic mass is 16.5. The molecule has 7 nitrogen and oxygen atoms in total. The molecule has 1 amide bonds. The summed E-state index contributed by atoms with van der Waals surface area (Å²) in [6, 6.07) is 5.56. The summed E-state index contributed by atoms with van der Waals surface area (Å²) < 4.78 is 11.9. The summed E-state index contributed by atoms with van der Waals surface area (Å²) >= 11 is 0. The first kappa shape index (κ1) is 15.1. The molecule has 1 heterocycles. The first-order valence-corrected chi connectivity index (χ1v) is 6.71. The van der Waals surface area contributed by atoms with Gasteiger partial charge >= 0.3 is 0 Å². The molecule has 7 heteroatoms. The van der Waals surface area contributed by atoms with Crippen LogP contribution in [0.15, 0.2) is 18.2 Å². The molecule has 0 aliphatic heterocycles. The van der Waals surface area contributed by atoms with Gasteiger partial charge in [0.25, 0.3) is 0 Å². The van der Waals surface area contributed by atoms with Gasteiger partial charge in [0, 0.05) is 32.7 Å². The van der Waals surface area contributed by atoms with Crippen molar-refractivity contribution in [3.8, 4) is 5.75 Å². The minimum Gasteiger partial charge on any atom is -0.497 e.